The van der Waals surface area contributed by atoms with E-state index in [9.17, 15) is 4.79 Å². The highest BCUT2D eigenvalue weighted by molar-refractivity contribution is 5.94. The number of nitrogens with zero attached hydrogens (tertiary/aromatic N) is 1. The number of aromatic nitrogens is 2. The van der Waals surface area contributed by atoms with Crippen LogP contribution in [0.1, 0.15) is 46.0 Å². The lowest BCUT2D eigenvalue weighted by Gasteiger charge is -2.15. The number of carbonyl (C=O) groups is 1. The number of rotatable bonds is 3. The van der Waals surface area contributed by atoms with Crippen LogP contribution in [-0.4, -0.2) is 22.6 Å². The van der Waals surface area contributed by atoms with Gasteiger partial charge in [-0.1, -0.05) is 18.2 Å². The maximum absolute atomic E-state index is 12.6. The first kappa shape index (κ1) is 15.0. The summed E-state index contributed by atoms with van der Waals surface area (Å²) in [6, 6.07) is 7.68. The van der Waals surface area contributed by atoms with Gasteiger partial charge in [0.25, 0.3) is 5.91 Å². The third-order valence-electron chi connectivity index (χ3n) is 4.64. The van der Waals surface area contributed by atoms with Gasteiger partial charge in [-0.15, -0.1) is 0 Å². The molecule has 1 aromatic carbocycles. The molecule has 124 valence electrons. The van der Waals surface area contributed by atoms with Gasteiger partial charge in [0.2, 0.25) is 0 Å². The van der Waals surface area contributed by atoms with Gasteiger partial charge in [0.1, 0.15) is 11.3 Å². The standard InChI is InChI=1S/C18H20N4O2/c1-10-12-5-3-4-6-15(12)24-17(10)11(2)20-18(23)16-13-9-19-8-7-14(13)21-22-16/h3-6,11,19H,7-9H2,1-2H3,(H,20,23)(H,21,22). The summed E-state index contributed by atoms with van der Waals surface area (Å²) in [6.45, 7) is 5.53. The smallest absolute Gasteiger partial charge is 0.272 e. The normalized spacial score (nSPS) is 15.2. The van der Waals surface area contributed by atoms with E-state index in [0.717, 1.165) is 46.5 Å². The number of furan rings is 1. The third-order valence-corrected chi connectivity index (χ3v) is 4.64. The van der Waals surface area contributed by atoms with Crippen LogP contribution >= 0.6 is 0 Å². The highest BCUT2D eigenvalue weighted by Crippen LogP contribution is 2.29. The molecular formula is C18H20N4O2. The maximum Gasteiger partial charge on any atom is 0.272 e. The summed E-state index contributed by atoms with van der Waals surface area (Å²) in [4.78, 5) is 12.6. The molecule has 3 heterocycles. The topological polar surface area (TPSA) is 83.0 Å². The van der Waals surface area contributed by atoms with Crippen molar-refractivity contribution in [3.63, 3.8) is 0 Å². The van der Waals surface area contributed by atoms with Gasteiger partial charge in [0.05, 0.1) is 6.04 Å². The van der Waals surface area contributed by atoms with Crippen molar-refractivity contribution in [2.24, 2.45) is 0 Å². The van der Waals surface area contributed by atoms with Crippen molar-refractivity contribution in [2.45, 2.75) is 32.9 Å². The maximum atomic E-state index is 12.6. The molecule has 0 saturated heterocycles. The first-order chi connectivity index (χ1) is 11.6. The fourth-order valence-electron chi connectivity index (χ4n) is 3.35. The molecule has 0 radical (unpaired) electrons. The third kappa shape index (κ3) is 2.39. The molecule has 1 aliphatic rings. The number of para-hydroxylation sites is 1. The zero-order chi connectivity index (χ0) is 16.7. The van der Waals surface area contributed by atoms with E-state index < -0.39 is 0 Å². The SMILES string of the molecule is Cc1c(C(C)NC(=O)c2n[nH]c3c2CNCC3)oc2ccccc12. The van der Waals surface area contributed by atoms with E-state index >= 15 is 0 Å². The first-order valence-corrected chi connectivity index (χ1v) is 8.21. The Morgan fingerprint density at radius 2 is 2.21 bits per heavy atom. The number of hydrogen-bond acceptors (Lipinski definition) is 4. The van der Waals surface area contributed by atoms with Gasteiger partial charge in [0, 0.05) is 41.7 Å². The number of amides is 1. The van der Waals surface area contributed by atoms with Crippen molar-refractivity contribution in [3.05, 3.63) is 52.5 Å². The van der Waals surface area contributed by atoms with Crippen LogP contribution in [0.15, 0.2) is 28.7 Å². The van der Waals surface area contributed by atoms with Crippen molar-refractivity contribution < 1.29 is 9.21 Å². The monoisotopic (exact) mass is 324 g/mol. The Labute approximate surface area is 139 Å². The number of fused-ring (bicyclic) bond motifs is 2. The summed E-state index contributed by atoms with van der Waals surface area (Å²) in [5, 5.41) is 14.5. The van der Waals surface area contributed by atoms with Crippen LogP contribution in [-0.2, 0) is 13.0 Å². The van der Waals surface area contributed by atoms with Crippen LogP contribution in [0.3, 0.4) is 0 Å². The second-order valence-electron chi connectivity index (χ2n) is 6.24. The van der Waals surface area contributed by atoms with Gasteiger partial charge in [-0.3, -0.25) is 9.89 Å². The number of benzene rings is 1. The van der Waals surface area contributed by atoms with Crippen LogP contribution in [0.2, 0.25) is 0 Å². The predicted molar refractivity (Wildman–Crippen MR) is 90.8 cm³/mol. The number of H-pyrrole nitrogens is 1. The average Bonchev–Trinajstić information content (AvgIpc) is 3.17. The lowest BCUT2D eigenvalue weighted by molar-refractivity contribution is 0.0929. The minimum Gasteiger partial charge on any atom is -0.459 e. The Bertz CT molecular complexity index is 909. The van der Waals surface area contributed by atoms with E-state index in [1.54, 1.807) is 0 Å². The molecule has 1 aliphatic heterocycles. The van der Waals surface area contributed by atoms with Crippen LogP contribution in [0.5, 0.6) is 0 Å². The van der Waals surface area contributed by atoms with Crippen LogP contribution in [0.25, 0.3) is 11.0 Å². The van der Waals surface area contributed by atoms with Crippen molar-refractivity contribution in [1.82, 2.24) is 20.8 Å². The largest absolute Gasteiger partial charge is 0.459 e. The highest BCUT2D eigenvalue weighted by Gasteiger charge is 2.24. The molecular weight excluding hydrogens is 304 g/mol. The molecule has 0 fully saturated rings. The Morgan fingerprint density at radius 1 is 1.38 bits per heavy atom. The lowest BCUT2D eigenvalue weighted by atomic mass is 10.1. The summed E-state index contributed by atoms with van der Waals surface area (Å²) in [7, 11) is 0. The van der Waals surface area contributed by atoms with E-state index in [4.69, 9.17) is 4.42 Å². The van der Waals surface area contributed by atoms with Gasteiger partial charge < -0.3 is 15.1 Å². The highest BCUT2D eigenvalue weighted by atomic mass is 16.3. The van der Waals surface area contributed by atoms with Crippen molar-refractivity contribution in [1.29, 1.82) is 0 Å². The van der Waals surface area contributed by atoms with E-state index in [2.05, 4.69) is 20.8 Å². The van der Waals surface area contributed by atoms with E-state index in [-0.39, 0.29) is 11.9 Å². The number of aromatic amines is 1. The summed E-state index contributed by atoms with van der Waals surface area (Å²) < 4.78 is 5.94. The van der Waals surface area contributed by atoms with Crippen LogP contribution < -0.4 is 10.6 Å². The summed E-state index contributed by atoms with van der Waals surface area (Å²) in [5.74, 6) is 0.607. The molecule has 1 unspecified atom stereocenters. The predicted octanol–water partition coefficient (Wildman–Crippen LogP) is 2.60. The van der Waals surface area contributed by atoms with E-state index in [1.807, 2.05) is 38.1 Å². The minimum atomic E-state index is -0.228. The number of aryl methyl sites for hydroxylation is 1. The summed E-state index contributed by atoms with van der Waals surface area (Å²) >= 11 is 0. The zero-order valence-corrected chi connectivity index (χ0v) is 13.8. The quantitative estimate of drug-likeness (QED) is 0.691. The Kier molecular flexibility index (Phi) is 3.61. The Morgan fingerprint density at radius 3 is 3.04 bits per heavy atom. The van der Waals surface area contributed by atoms with E-state index in [1.165, 1.54) is 0 Å². The first-order valence-electron chi connectivity index (χ1n) is 8.21. The van der Waals surface area contributed by atoms with Crippen LogP contribution in [0.4, 0.5) is 0 Å². The second-order valence-corrected chi connectivity index (χ2v) is 6.24. The molecule has 0 saturated carbocycles. The molecule has 24 heavy (non-hydrogen) atoms. The number of nitrogens with one attached hydrogen (secondary N) is 3. The summed E-state index contributed by atoms with van der Waals surface area (Å²) in [6.07, 6.45) is 0.869. The fourth-order valence-corrected chi connectivity index (χ4v) is 3.35. The lowest BCUT2D eigenvalue weighted by Crippen LogP contribution is -2.30. The Balaban J connectivity index is 1.59. The van der Waals surface area contributed by atoms with Gasteiger partial charge >= 0.3 is 0 Å². The zero-order valence-electron chi connectivity index (χ0n) is 13.8. The molecule has 6 nitrogen and oxygen atoms in total. The van der Waals surface area contributed by atoms with Crippen molar-refractivity contribution in [2.75, 3.05) is 6.54 Å². The molecule has 4 rings (SSSR count). The van der Waals surface area contributed by atoms with Gasteiger partial charge in [-0.05, 0) is 19.9 Å². The second kappa shape index (κ2) is 5.79. The van der Waals surface area contributed by atoms with Crippen LogP contribution in [0, 0.1) is 6.92 Å². The van der Waals surface area contributed by atoms with E-state index in [0.29, 0.717) is 12.2 Å². The molecule has 0 bridgehead atoms. The molecule has 1 atom stereocenters. The average molecular weight is 324 g/mol. The van der Waals surface area contributed by atoms with Crippen molar-refractivity contribution >= 4 is 16.9 Å². The van der Waals surface area contributed by atoms with Crippen molar-refractivity contribution in [3.8, 4) is 0 Å². The fraction of sp³-hybridized carbons (Fsp3) is 0.333. The molecule has 0 spiro atoms. The van der Waals surface area contributed by atoms with Gasteiger partial charge in [-0.2, -0.15) is 5.10 Å². The molecule has 1 amide bonds. The van der Waals surface area contributed by atoms with Gasteiger partial charge in [0.15, 0.2) is 5.69 Å². The summed E-state index contributed by atoms with van der Waals surface area (Å²) in [5.41, 5.74) is 4.38. The van der Waals surface area contributed by atoms with Gasteiger partial charge in [-0.25, -0.2) is 0 Å². The molecule has 6 heteroatoms. The molecule has 3 aromatic rings. The molecule has 2 aromatic heterocycles. The number of carbonyl (C=O) groups excluding carboxylic acids is 1. The molecule has 3 N–H and O–H groups in total. The minimum absolute atomic E-state index is 0.177. The molecule has 0 aliphatic carbocycles. The number of hydrogen-bond donors (Lipinski definition) is 3. The Hall–Kier alpha value is -2.60.